The van der Waals surface area contributed by atoms with Crippen molar-refractivity contribution in [2.45, 2.75) is 43.9 Å². The maximum atomic E-state index is 5.41. The molecule has 2 rings (SSSR count). The molecule has 0 radical (unpaired) electrons. The average molecular weight is 198 g/mol. The van der Waals surface area contributed by atoms with Crippen molar-refractivity contribution in [2.75, 3.05) is 27.2 Å². The third kappa shape index (κ3) is 1.95. The summed E-state index contributed by atoms with van der Waals surface area (Å²) in [6.45, 7) is 2.36. The first-order chi connectivity index (χ1) is 6.85. The smallest absolute Gasteiger partial charge is 0.0710 e. The Balaban J connectivity index is 1.89. The molecule has 3 nitrogen and oxygen atoms in total. The zero-order chi connectivity index (χ0) is 9.97. The van der Waals surface area contributed by atoms with Gasteiger partial charge in [0.1, 0.15) is 0 Å². The largest absolute Gasteiger partial charge is 0.380 e. The van der Waals surface area contributed by atoms with E-state index >= 15 is 0 Å². The van der Waals surface area contributed by atoms with E-state index in [4.69, 9.17) is 4.74 Å². The lowest BCUT2D eigenvalue weighted by molar-refractivity contribution is 0.0984. The molecule has 1 heterocycles. The fraction of sp³-hybridized carbons (Fsp3) is 1.00. The van der Waals surface area contributed by atoms with E-state index in [1.807, 2.05) is 7.11 Å². The summed E-state index contributed by atoms with van der Waals surface area (Å²) in [6, 6.07) is 1.48. The summed E-state index contributed by atoms with van der Waals surface area (Å²) in [7, 11) is 3.92. The second-order valence-electron chi connectivity index (χ2n) is 4.53. The summed E-state index contributed by atoms with van der Waals surface area (Å²) >= 11 is 0. The van der Waals surface area contributed by atoms with Gasteiger partial charge in [-0.1, -0.05) is 6.42 Å². The lowest BCUT2D eigenvalue weighted by atomic mass is 10.1. The van der Waals surface area contributed by atoms with Crippen molar-refractivity contribution in [3.63, 3.8) is 0 Å². The number of likely N-dealkylation sites (tertiary alicyclic amines) is 1. The fourth-order valence-corrected chi connectivity index (χ4v) is 2.96. The molecule has 82 valence electrons. The maximum absolute atomic E-state index is 5.41. The van der Waals surface area contributed by atoms with Crippen LogP contribution in [0.5, 0.6) is 0 Å². The Labute approximate surface area is 86.8 Å². The molecule has 0 aromatic rings. The summed E-state index contributed by atoms with van der Waals surface area (Å²) in [5, 5.41) is 3.44. The van der Waals surface area contributed by atoms with Gasteiger partial charge in [0.05, 0.1) is 6.10 Å². The standard InChI is InChI=1S/C11H22N2O/c1-12-10-4-3-5-11(10)13-7-6-9(8-13)14-2/h9-12H,3-8H2,1-2H3. The van der Waals surface area contributed by atoms with E-state index in [9.17, 15) is 0 Å². The minimum atomic E-state index is 0.480. The zero-order valence-electron chi connectivity index (χ0n) is 9.33. The van der Waals surface area contributed by atoms with Crippen molar-refractivity contribution < 1.29 is 4.74 Å². The highest BCUT2D eigenvalue weighted by Gasteiger charge is 2.35. The van der Waals surface area contributed by atoms with E-state index in [2.05, 4.69) is 17.3 Å². The van der Waals surface area contributed by atoms with E-state index in [0.29, 0.717) is 12.1 Å². The van der Waals surface area contributed by atoms with E-state index in [-0.39, 0.29) is 0 Å². The molecule has 1 aliphatic heterocycles. The molecule has 1 saturated heterocycles. The molecule has 0 aromatic heterocycles. The summed E-state index contributed by atoms with van der Waals surface area (Å²) in [5.41, 5.74) is 0. The second-order valence-corrected chi connectivity index (χ2v) is 4.53. The predicted octanol–water partition coefficient (Wildman–Crippen LogP) is 0.848. The second kappa shape index (κ2) is 4.60. The molecule has 1 aliphatic carbocycles. The Hall–Kier alpha value is -0.120. The van der Waals surface area contributed by atoms with Gasteiger partial charge in [0.2, 0.25) is 0 Å². The van der Waals surface area contributed by atoms with Crippen molar-refractivity contribution in [2.24, 2.45) is 0 Å². The molecule has 1 N–H and O–H groups in total. The lowest BCUT2D eigenvalue weighted by Crippen LogP contribution is -2.45. The molecular formula is C11H22N2O. The van der Waals surface area contributed by atoms with Crippen LogP contribution in [0.4, 0.5) is 0 Å². The van der Waals surface area contributed by atoms with Gasteiger partial charge in [-0.3, -0.25) is 4.90 Å². The number of hydrogen-bond acceptors (Lipinski definition) is 3. The summed E-state index contributed by atoms with van der Waals surface area (Å²) in [4.78, 5) is 2.61. The Bertz CT molecular complexity index is 186. The van der Waals surface area contributed by atoms with E-state index in [0.717, 1.165) is 12.6 Å². The number of likely N-dealkylation sites (N-methyl/N-ethyl adjacent to an activating group) is 1. The molecule has 2 aliphatic rings. The summed E-state index contributed by atoms with van der Waals surface area (Å²) in [6.07, 6.45) is 5.78. The maximum Gasteiger partial charge on any atom is 0.0710 e. The highest BCUT2D eigenvalue weighted by molar-refractivity contribution is 4.93. The van der Waals surface area contributed by atoms with Crippen molar-refractivity contribution in [1.82, 2.24) is 10.2 Å². The van der Waals surface area contributed by atoms with Crippen LogP contribution in [0.15, 0.2) is 0 Å². The summed E-state index contributed by atoms with van der Waals surface area (Å²) < 4.78 is 5.41. The SMILES string of the molecule is CNC1CCCC1N1CCC(OC)C1. The van der Waals surface area contributed by atoms with Gasteiger partial charge in [0.25, 0.3) is 0 Å². The third-order valence-electron chi connectivity index (χ3n) is 3.83. The van der Waals surface area contributed by atoms with Crippen molar-refractivity contribution in [1.29, 1.82) is 0 Å². The van der Waals surface area contributed by atoms with Crippen LogP contribution in [0.1, 0.15) is 25.7 Å². The van der Waals surface area contributed by atoms with E-state index in [1.54, 1.807) is 0 Å². The van der Waals surface area contributed by atoms with Gasteiger partial charge in [-0.15, -0.1) is 0 Å². The molecule has 3 unspecified atom stereocenters. The number of hydrogen-bond donors (Lipinski definition) is 1. The molecule has 1 saturated carbocycles. The minimum Gasteiger partial charge on any atom is -0.380 e. The van der Waals surface area contributed by atoms with Gasteiger partial charge in [0, 0.05) is 32.3 Å². The molecule has 0 aromatic carbocycles. The van der Waals surface area contributed by atoms with Crippen LogP contribution < -0.4 is 5.32 Å². The molecule has 2 fully saturated rings. The van der Waals surface area contributed by atoms with Gasteiger partial charge in [-0.2, -0.15) is 0 Å². The van der Waals surface area contributed by atoms with Crippen LogP contribution in [0.25, 0.3) is 0 Å². The van der Waals surface area contributed by atoms with Crippen LogP contribution in [0, 0.1) is 0 Å². The predicted molar refractivity (Wildman–Crippen MR) is 57.5 cm³/mol. The quantitative estimate of drug-likeness (QED) is 0.727. The van der Waals surface area contributed by atoms with Gasteiger partial charge >= 0.3 is 0 Å². The normalized spacial score (nSPS) is 39.4. The average Bonchev–Trinajstić information content (AvgIpc) is 2.85. The molecular weight excluding hydrogens is 176 g/mol. The van der Waals surface area contributed by atoms with Crippen molar-refractivity contribution in [3.8, 4) is 0 Å². The molecule has 3 heteroatoms. The highest BCUT2D eigenvalue weighted by atomic mass is 16.5. The zero-order valence-corrected chi connectivity index (χ0v) is 9.33. The van der Waals surface area contributed by atoms with E-state index < -0.39 is 0 Å². The van der Waals surface area contributed by atoms with Crippen molar-refractivity contribution >= 4 is 0 Å². The molecule has 0 bridgehead atoms. The monoisotopic (exact) mass is 198 g/mol. The first-order valence-electron chi connectivity index (χ1n) is 5.79. The minimum absolute atomic E-state index is 0.480. The number of nitrogens with one attached hydrogen (secondary N) is 1. The third-order valence-corrected chi connectivity index (χ3v) is 3.83. The van der Waals surface area contributed by atoms with Gasteiger partial charge < -0.3 is 10.1 Å². The Kier molecular flexibility index (Phi) is 3.42. The Morgan fingerprint density at radius 3 is 2.79 bits per heavy atom. The number of ether oxygens (including phenoxy) is 1. The van der Waals surface area contributed by atoms with E-state index in [1.165, 1.54) is 32.2 Å². The fourth-order valence-electron chi connectivity index (χ4n) is 2.96. The van der Waals surface area contributed by atoms with Gasteiger partial charge in [-0.05, 0) is 26.3 Å². The van der Waals surface area contributed by atoms with Crippen LogP contribution in [0.3, 0.4) is 0 Å². The highest BCUT2D eigenvalue weighted by Crippen LogP contribution is 2.27. The first kappa shape index (κ1) is 10.4. The number of rotatable bonds is 3. The van der Waals surface area contributed by atoms with Crippen LogP contribution in [0.2, 0.25) is 0 Å². The molecule has 0 amide bonds. The van der Waals surface area contributed by atoms with Crippen molar-refractivity contribution in [3.05, 3.63) is 0 Å². The van der Waals surface area contributed by atoms with Gasteiger partial charge in [-0.25, -0.2) is 0 Å². The van der Waals surface area contributed by atoms with Gasteiger partial charge in [0.15, 0.2) is 0 Å². The Morgan fingerprint density at radius 1 is 1.29 bits per heavy atom. The van der Waals surface area contributed by atoms with Crippen LogP contribution in [-0.4, -0.2) is 50.3 Å². The number of nitrogens with zero attached hydrogens (tertiary/aromatic N) is 1. The Morgan fingerprint density at radius 2 is 2.14 bits per heavy atom. The number of methoxy groups -OCH3 is 1. The molecule has 3 atom stereocenters. The first-order valence-corrected chi connectivity index (χ1v) is 5.79. The van der Waals surface area contributed by atoms with Crippen LogP contribution >= 0.6 is 0 Å². The lowest BCUT2D eigenvalue weighted by Gasteiger charge is -2.29. The molecule has 0 spiro atoms. The van der Waals surface area contributed by atoms with Crippen LogP contribution in [-0.2, 0) is 4.74 Å². The molecule has 14 heavy (non-hydrogen) atoms. The summed E-state index contributed by atoms with van der Waals surface area (Å²) in [5.74, 6) is 0. The topological polar surface area (TPSA) is 24.5 Å².